The van der Waals surface area contributed by atoms with Crippen LogP contribution in [0.25, 0.3) is 0 Å². The van der Waals surface area contributed by atoms with E-state index < -0.39 is 126 Å². The number of rotatable bonds is 13. The molecular formula is C33H38Cl3NO18. The zero-order valence-corrected chi connectivity index (χ0v) is 32.3. The van der Waals surface area contributed by atoms with Crippen LogP contribution in [0.3, 0.4) is 0 Å². The fourth-order valence-electron chi connectivity index (χ4n) is 5.32. The predicted molar refractivity (Wildman–Crippen MR) is 182 cm³/mol. The number of hydrogen-bond acceptors (Lipinski definition) is 19. The van der Waals surface area contributed by atoms with Crippen molar-refractivity contribution in [3.8, 4) is 0 Å². The fourth-order valence-corrected chi connectivity index (χ4v) is 5.46. The van der Waals surface area contributed by atoms with Gasteiger partial charge in [-0.3, -0.25) is 34.2 Å². The molecule has 2 saturated heterocycles. The SMILES string of the molecule is CC(=O)OC[C@H]1O[C@H](O[C@@H]2[C@H](OC(=O)c3ccccc3)[C@@H](OC(=N)C(Cl)(Cl)Cl)O[C@H](COC(C)=O)[C@H]2OC(C)=O)[C@@H](OC(C)=O)[C@@H](OC(C)=O)[C@@H]1OC(C)=O. The Morgan fingerprint density at radius 3 is 1.44 bits per heavy atom. The van der Waals surface area contributed by atoms with Gasteiger partial charge < -0.3 is 52.1 Å². The third kappa shape index (κ3) is 13.5. The maximum Gasteiger partial charge on any atom is 0.338 e. The van der Waals surface area contributed by atoms with Crippen LogP contribution in [0.15, 0.2) is 30.3 Å². The molecule has 0 aliphatic carbocycles. The van der Waals surface area contributed by atoms with E-state index in [1.807, 2.05) is 0 Å². The van der Waals surface area contributed by atoms with Gasteiger partial charge in [-0.25, -0.2) is 4.79 Å². The fraction of sp³-hybridized carbons (Fsp3) is 0.576. The Morgan fingerprint density at radius 1 is 0.564 bits per heavy atom. The minimum absolute atomic E-state index is 0.0187. The quantitative estimate of drug-likeness (QED) is 0.0984. The molecule has 3 rings (SSSR count). The standard InChI is InChI=1S/C33H38Cl3NO18/c1-14(38)45-12-21-23(47-16(3)40)25(49-18(5)42)27(50-19(6)43)30(51-21)54-26-24(48-17(4)41)22(13-46-15(2)39)52-31(55-32(37)33(34,35)36)28(26)53-29(44)20-10-8-7-9-11-20/h7-11,21-28,30-31,37H,12-13H2,1-6H3/t21-,22-,23-,24-,25+,26+,27+,28+,30-,31-/m1/s1. The maximum atomic E-state index is 13.6. The van der Waals surface area contributed by atoms with Crippen molar-refractivity contribution in [1.82, 2.24) is 0 Å². The summed E-state index contributed by atoms with van der Waals surface area (Å²) >= 11 is 17.7. The van der Waals surface area contributed by atoms with Crippen LogP contribution >= 0.6 is 34.8 Å². The number of benzene rings is 1. The molecular weight excluding hydrogens is 805 g/mol. The molecule has 304 valence electrons. The van der Waals surface area contributed by atoms with Crippen LogP contribution in [0.4, 0.5) is 0 Å². The molecule has 10 atom stereocenters. The third-order valence-corrected chi connectivity index (χ3v) is 7.84. The van der Waals surface area contributed by atoms with E-state index >= 15 is 0 Å². The second-order valence-corrected chi connectivity index (χ2v) is 14.0. The molecule has 2 aliphatic heterocycles. The van der Waals surface area contributed by atoms with Crippen molar-refractivity contribution in [3.63, 3.8) is 0 Å². The second-order valence-electron chi connectivity index (χ2n) is 11.8. The van der Waals surface area contributed by atoms with Crippen LogP contribution in [0.2, 0.25) is 0 Å². The van der Waals surface area contributed by atoms with Crippen molar-refractivity contribution < 1.29 is 85.7 Å². The van der Waals surface area contributed by atoms with Crippen LogP contribution < -0.4 is 0 Å². The highest BCUT2D eigenvalue weighted by molar-refractivity contribution is 6.76. The minimum atomic E-state index is -2.51. The summed E-state index contributed by atoms with van der Waals surface area (Å²) in [4.78, 5) is 87.1. The summed E-state index contributed by atoms with van der Waals surface area (Å²) in [5, 5.41) is 8.25. The van der Waals surface area contributed by atoms with Crippen LogP contribution in [0.1, 0.15) is 51.9 Å². The molecule has 1 aromatic rings. The summed E-state index contributed by atoms with van der Waals surface area (Å²) in [6, 6.07) is 7.41. The lowest BCUT2D eigenvalue weighted by molar-refractivity contribution is -0.355. The molecule has 1 aromatic carbocycles. The van der Waals surface area contributed by atoms with Gasteiger partial charge >= 0.3 is 41.8 Å². The van der Waals surface area contributed by atoms with E-state index in [0.717, 1.165) is 41.5 Å². The Bertz CT molecular complexity index is 1590. The monoisotopic (exact) mass is 841 g/mol. The molecule has 0 unspecified atom stereocenters. The Hall–Kier alpha value is -4.27. The molecule has 0 aromatic heterocycles. The number of hydrogen-bond donors (Lipinski definition) is 1. The van der Waals surface area contributed by atoms with Gasteiger partial charge in [-0.15, -0.1) is 0 Å². The molecule has 0 spiro atoms. The van der Waals surface area contributed by atoms with E-state index in [4.69, 9.17) is 92.3 Å². The number of nitrogens with one attached hydrogen (secondary N) is 1. The van der Waals surface area contributed by atoms with E-state index in [0.29, 0.717) is 0 Å². The number of halogens is 3. The van der Waals surface area contributed by atoms with Gasteiger partial charge in [-0.05, 0) is 12.1 Å². The highest BCUT2D eigenvalue weighted by atomic mass is 35.6. The van der Waals surface area contributed by atoms with Gasteiger partial charge in [0.25, 0.3) is 3.79 Å². The lowest BCUT2D eigenvalue weighted by Crippen LogP contribution is -2.67. The van der Waals surface area contributed by atoms with Crippen LogP contribution in [0, 0.1) is 5.41 Å². The Balaban J connectivity index is 2.28. The van der Waals surface area contributed by atoms with E-state index in [1.54, 1.807) is 6.07 Å². The zero-order valence-electron chi connectivity index (χ0n) is 30.1. The molecule has 0 amide bonds. The molecule has 0 radical (unpaired) electrons. The van der Waals surface area contributed by atoms with Gasteiger partial charge in [0.05, 0.1) is 5.56 Å². The summed E-state index contributed by atoms with van der Waals surface area (Å²) in [6.45, 7) is 4.81. The summed E-state index contributed by atoms with van der Waals surface area (Å²) in [7, 11) is 0. The first-order valence-electron chi connectivity index (χ1n) is 16.2. The van der Waals surface area contributed by atoms with Crippen molar-refractivity contribution in [2.75, 3.05) is 13.2 Å². The largest absolute Gasteiger partial charge is 0.463 e. The average Bonchev–Trinajstić information content (AvgIpc) is 3.07. The second kappa shape index (κ2) is 20.1. The summed E-state index contributed by atoms with van der Waals surface area (Å²) in [5.74, 6) is -7.51. The van der Waals surface area contributed by atoms with Gasteiger partial charge in [0, 0.05) is 41.5 Å². The Kier molecular flexibility index (Phi) is 16.5. The molecule has 2 aliphatic rings. The molecule has 2 fully saturated rings. The smallest absolute Gasteiger partial charge is 0.338 e. The molecule has 2 heterocycles. The zero-order chi connectivity index (χ0) is 41.2. The lowest BCUT2D eigenvalue weighted by Gasteiger charge is -2.48. The van der Waals surface area contributed by atoms with E-state index in [2.05, 4.69) is 0 Å². The summed E-state index contributed by atoms with van der Waals surface area (Å²) in [5.41, 5.74) is -0.0187. The van der Waals surface area contributed by atoms with E-state index in [9.17, 15) is 33.6 Å². The Labute approximate surface area is 328 Å². The van der Waals surface area contributed by atoms with Crippen LogP contribution in [0.5, 0.6) is 0 Å². The van der Waals surface area contributed by atoms with Gasteiger partial charge in [0.2, 0.25) is 12.2 Å². The normalized spacial score (nSPS) is 27.7. The first kappa shape index (κ1) is 45.1. The Morgan fingerprint density at radius 2 is 0.982 bits per heavy atom. The van der Waals surface area contributed by atoms with Gasteiger partial charge in [0.1, 0.15) is 31.5 Å². The van der Waals surface area contributed by atoms with Crippen molar-refractivity contribution in [2.24, 2.45) is 0 Å². The molecule has 0 bridgehead atoms. The van der Waals surface area contributed by atoms with Crippen molar-refractivity contribution >= 4 is 82.5 Å². The highest BCUT2D eigenvalue weighted by Gasteiger charge is 2.58. The number of ether oxygens (including phenoxy) is 11. The average molecular weight is 843 g/mol. The van der Waals surface area contributed by atoms with Gasteiger partial charge in [0.15, 0.2) is 36.8 Å². The van der Waals surface area contributed by atoms with Crippen molar-refractivity contribution in [3.05, 3.63) is 35.9 Å². The summed E-state index contributed by atoms with van der Waals surface area (Å²) < 4.78 is 59.4. The molecule has 0 saturated carbocycles. The predicted octanol–water partition coefficient (Wildman–Crippen LogP) is 2.26. The van der Waals surface area contributed by atoms with E-state index in [1.165, 1.54) is 24.3 Å². The maximum absolute atomic E-state index is 13.6. The van der Waals surface area contributed by atoms with Crippen LogP contribution in [-0.4, -0.2) is 126 Å². The topological polar surface area (TPSA) is 245 Å². The van der Waals surface area contributed by atoms with Crippen LogP contribution in [-0.2, 0) is 80.9 Å². The molecule has 19 nitrogen and oxygen atoms in total. The first-order chi connectivity index (χ1) is 25.7. The molecule has 55 heavy (non-hydrogen) atoms. The van der Waals surface area contributed by atoms with E-state index in [-0.39, 0.29) is 5.56 Å². The minimum Gasteiger partial charge on any atom is -0.463 e. The van der Waals surface area contributed by atoms with Gasteiger partial charge in [-0.1, -0.05) is 53.0 Å². The lowest BCUT2D eigenvalue weighted by atomic mass is 9.96. The first-order valence-corrected chi connectivity index (χ1v) is 17.3. The van der Waals surface area contributed by atoms with Gasteiger partial charge in [-0.2, -0.15) is 0 Å². The number of alkyl halides is 3. The summed E-state index contributed by atoms with van der Waals surface area (Å²) in [6.07, 6.45) is -17.6. The molecule has 22 heteroatoms. The number of esters is 7. The van der Waals surface area contributed by atoms with Crippen molar-refractivity contribution in [1.29, 1.82) is 5.41 Å². The molecule has 1 N–H and O–H groups in total. The number of carbonyl (C=O) groups is 7. The third-order valence-electron chi connectivity index (χ3n) is 7.33. The highest BCUT2D eigenvalue weighted by Crippen LogP contribution is 2.37. The van der Waals surface area contributed by atoms with Crippen molar-refractivity contribution in [2.45, 2.75) is 107 Å². The number of carbonyl (C=O) groups excluding carboxylic acids is 7.